The van der Waals surface area contributed by atoms with E-state index in [9.17, 15) is 4.79 Å². The number of ether oxygens (including phenoxy) is 1. The normalized spacial score (nSPS) is 13.4. The van der Waals surface area contributed by atoms with Gasteiger partial charge in [0.05, 0.1) is 12.6 Å². The molecule has 1 unspecified atom stereocenters. The van der Waals surface area contributed by atoms with Crippen LogP contribution in [0.3, 0.4) is 0 Å². The summed E-state index contributed by atoms with van der Waals surface area (Å²) in [7, 11) is 1.60. The topological polar surface area (TPSA) is 67.6 Å². The van der Waals surface area contributed by atoms with Crippen LogP contribution in [0.2, 0.25) is 0 Å². The first-order valence-corrected chi connectivity index (χ1v) is 7.43. The fourth-order valence-corrected chi connectivity index (χ4v) is 2.18. The van der Waals surface area contributed by atoms with Gasteiger partial charge in [-0.05, 0) is 31.9 Å². The Hall–Kier alpha value is -1.75. The van der Waals surface area contributed by atoms with Crippen LogP contribution in [0.1, 0.15) is 33.6 Å². The summed E-state index contributed by atoms with van der Waals surface area (Å²) in [6, 6.07) is 7.21. The molecule has 0 fully saturated rings. The summed E-state index contributed by atoms with van der Waals surface area (Å²) < 4.78 is 5.17. The summed E-state index contributed by atoms with van der Waals surface area (Å²) in [5, 5.41) is 2.93. The van der Waals surface area contributed by atoms with Crippen molar-refractivity contribution in [1.29, 1.82) is 0 Å². The standard InChI is InChI=1S/C16H27N3O2/c1-5-10-19(16(3,6-2)12-17)15(20)18-13-8-7-9-14(11-13)21-4/h7-9,11H,5-6,10,12,17H2,1-4H3,(H,18,20). The second-order valence-corrected chi connectivity index (χ2v) is 5.37. The minimum Gasteiger partial charge on any atom is -0.497 e. The summed E-state index contributed by atoms with van der Waals surface area (Å²) in [6.45, 7) is 7.24. The van der Waals surface area contributed by atoms with E-state index in [1.54, 1.807) is 13.2 Å². The van der Waals surface area contributed by atoms with Gasteiger partial charge in [-0.15, -0.1) is 0 Å². The highest BCUT2D eigenvalue weighted by Gasteiger charge is 2.32. The molecular formula is C16H27N3O2. The van der Waals surface area contributed by atoms with Gasteiger partial charge in [0.2, 0.25) is 0 Å². The molecule has 0 heterocycles. The highest BCUT2D eigenvalue weighted by Crippen LogP contribution is 2.22. The zero-order chi connectivity index (χ0) is 15.9. The van der Waals surface area contributed by atoms with Crippen molar-refractivity contribution in [2.75, 3.05) is 25.5 Å². The third-order valence-electron chi connectivity index (χ3n) is 3.87. The highest BCUT2D eigenvalue weighted by atomic mass is 16.5. The van der Waals surface area contributed by atoms with E-state index in [0.717, 1.165) is 18.5 Å². The van der Waals surface area contributed by atoms with E-state index in [-0.39, 0.29) is 11.6 Å². The summed E-state index contributed by atoms with van der Waals surface area (Å²) in [5.41, 5.74) is 6.27. The number of amides is 2. The molecule has 0 aliphatic heterocycles. The molecule has 0 saturated carbocycles. The van der Waals surface area contributed by atoms with Gasteiger partial charge in [-0.1, -0.05) is 19.9 Å². The molecule has 118 valence electrons. The van der Waals surface area contributed by atoms with Gasteiger partial charge in [-0.2, -0.15) is 0 Å². The van der Waals surface area contributed by atoms with Crippen LogP contribution in [0.4, 0.5) is 10.5 Å². The number of carbonyl (C=O) groups excluding carboxylic acids is 1. The number of methoxy groups -OCH3 is 1. The Labute approximate surface area is 127 Å². The van der Waals surface area contributed by atoms with Crippen molar-refractivity contribution < 1.29 is 9.53 Å². The first-order chi connectivity index (χ1) is 10.0. The van der Waals surface area contributed by atoms with E-state index >= 15 is 0 Å². The lowest BCUT2D eigenvalue weighted by atomic mass is 9.96. The van der Waals surface area contributed by atoms with Crippen LogP contribution in [0.25, 0.3) is 0 Å². The first kappa shape index (κ1) is 17.3. The first-order valence-electron chi connectivity index (χ1n) is 7.43. The Balaban J connectivity index is 2.90. The number of carbonyl (C=O) groups is 1. The molecule has 5 heteroatoms. The van der Waals surface area contributed by atoms with E-state index in [2.05, 4.69) is 12.2 Å². The Morgan fingerprint density at radius 1 is 1.43 bits per heavy atom. The van der Waals surface area contributed by atoms with Gasteiger partial charge in [0.1, 0.15) is 5.75 Å². The third-order valence-corrected chi connectivity index (χ3v) is 3.87. The van der Waals surface area contributed by atoms with Crippen LogP contribution in [0, 0.1) is 0 Å². The van der Waals surface area contributed by atoms with E-state index in [1.165, 1.54) is 0 Å². The average molecular weight is 293 g/mol. The molecule has 0 aromatic heterocycles. The SMILES string of the molecule is CCCN(C(=O)Nc1cccc(OC)c1)C(C)(CC)CN. The van der Waals surface area contributed by atoms with Crippen molar-refractivity contribution in [3.63, 3.8) is 0 Å². The number of benzene rings is 1. The van der Waals surface area contributed by atoms with E-state index < -0.39 is 0 Å². The van der Waals surface area contributed by atoms with E-state index in [0.29, 0.717) is 18.8 Å². The molecular weight excluding hydrogens is 266 g/mol. The van der Waals surface area contributed by atoms with Crippen molar-refractivity contribution in [2.24, 2.45) is 5.73 Å². The minimum atomic E-state index is -0.334. The minimum absolute atomic E-state index is 0.125. The summed E-state index contributed by atoms with van der Waals surface area (Å²) in [6.07, 6.45) is 1.70. The van der Waals surface area contributed by atoms with E-state index in [4.69, 9.17) is 10.5 Å². The van der Waals surface area contributed by atoms with Crippen molar-refractivity contribution in [2.45, 2.75) is 39.2 Å². The van der Waals surface area contributed by atoms with E-state index in [1.807, 2.05) is 36.9 Å². The Kier molecular flexibility index (Phi) is 6.49. The van der Waals surface area contributed by atoms with Crippen molar-refractivity contribution in [3.05, 3.63) is 24.3 Å². The lowest BCUT2D eigenvalue weighted by molar-refractivity contribution is 0.135. The maximum atomic E-state index is 12.6. The van der Waals surface area contributed by atoms with Gasteiger partial charge in [0.25, 0.3) is 0 Å². The smallest absolute Gasteiger partial charge is 0.322 e. The molecule has 3 N–H and O–H groups in total. The van der Waals surface area contributed by atoms with Crippen molar-refractivity contribution in [1.82, 2.24) is 4.90 Å². The average Bonchev–Trinajstić information content (AvgIpc) is 2.51. The largest absolute Gasteiger partial charge is 0.497 e. The molecule has 0 aliphatic carbocycles. The van der Waals surface area contributed by atoms with Crippen LogP contribution < -0.4 is 15.8 Å². The molecule has 0 spiro atoms. The number of rotatable bonds is 7. The number of urea groups is 1. The van der Waals surface area contributed by atoms with Gasteiger partial charge >= 0.3 is 6.03 Å². The molecule has 0 aliphatic rings. The van der Waals surface area contributed by atoms with Crippen LogP contribution >= 0.6 is 0 Å². The number of anilines is 1. The van der Waals surface area contributed by atoms with Crippen LogP contribution in [-0.4, -0.2) is 36.7 Å². The monoisotopic (exact) mass is 293 g/mol. The molecule has 1 aromatic rings. The van der Waals surface area contributed by atoms with Gasteiger partial charge < -0.3 is 20.7 Å². The number of hydrogen-bond donors (Lipinski definition) is 2. The number of nitrogens with one attached hydrogen (secondary N) is 1. The summed E-state index contributed by atoms with van der Waals surface area (Å²) in [5.74, 6) is 0.715. The maximum Gasteiger partial charge on any atom is 0.322 e. The fourth-order valence-electron chi connectivity index (χ4n) is 2.18. The maximum absolute atomic E-state index is 12.6. The quantitative estimate of drug-likeness (QED) is 0.812. The molecule has 2 amide bonds. The molecule has 0 radical (unpaired) electrons. The van der Waals surface area contributed by atoms with Gasteiger partial charge in [0, 0.05) is 24.8 Å². The Morgan fingerprint density at radius 2 is 2.14 bits per heavy atom. The van der Waals surface area contributed by atoms with Crippen LogP contribution in [-0.2, 0) is 0 Å². The highest BCUT2D eigenvalue weighted by molar-refractivity contribution is 5.90. The molecule has 1 aromatic carbocycles. The predicted octanol–water partition coefficient (Wildman–Crippen LogP) is 3.07. The van der Waals surface area contributed by atoms with Gasteiger partial charge in [-0.3, -0.25) is 0 Å². The summed E-state index contributed by atoms with van der Waals surface area (Å²) >= 11 is 0. The lowest BCUT2D eigenvalue weighted by Crippen LogP contribution is -2.55. The lowest BCUT2D eigenvalue weighted by Gasteiger charge is -2.40. The van der Waals surface area contributed by atoms with Crippen LogP contribution in [0.5, 0.6) is 5.75 Å². The van der Waals surface area contributed by atoms with Crippen LogP contribution in [0.15, 0.2) is 24.3 Å². The number of hydrogen-bond acceptors (Lipinski definition) is 3. The second-order valence-electron chi connectivity index (χ2n) is 5.37. The van der Waals surface area contributed by atoms with Crippen molar-refractivity contribution in [3.8, 4) is 5.75 Å². The number of nitrogens with zero attached hydrogens (tertiary/aromatic N) is 1. The van der Waals surface area contributed by atoms with Gasteiger partial charge in [0.15, 0.2) is 0 Å². The fraction of sp³-hybridized carbons (Fsp3) is 0.562. The molecule has 1 atom stereocenters. The Bertz CT molecular complexity index is 459. The summed E-state index contributed by atoms with van der Waals surface area (Å²) in [4.78, 5) is 14.4. The molecule has 0 bridgehead atoms. The molecule has 0 saturated heterocycles. The third kappa shape index (κ3) is 4.36. The second kappa shape index (κ2) is 7.88. The van der Waals surface area contributed by atoms with Crippen molar-refractivity contribution >= 4 is 11.7 Å². The molecule has 1 rings (SSSR count). The number of nitrogens with two attached hydrogens (primary N) is 1. The predicted molar refractivity (Wildman–Crippen MR) is 86.8 cm³/mol. The molecule has 21 heavy (non-hydrogen) atoms. The zero-order valence-electron chi connectivity index (χ0n) is 13.5. The molecule has 5 nitrogen and oxygen atoms in total. The van der Waals surface area contributed by atoms with Gasteiger partial charge in [-0.25, -0.2) is 4.79 Å². The Morgan fingerprint density at radius 3 is 2.67 bits per heavy atom. The zero-order valence-corrected chi connectivity index (χ0v) is 13.5.